The molecule has 0 saturated carbocycles. The predicted octanol–water partition coefficient (Wildman–Crippen LogP) is 0.733. The molecule has 2 rings (SSSR count). The summed E-state index contributed by atoms with van der Waals surface area (Å²) in [6, 6.07) is 3.53. The highest BCUT2D eigenvalue weighted by molar-refractivity contribution is 5.67. The minimum Gasteiger partial charge on any atom is -0.480 e. The van der Waals surface area contributed by atoms with Crippen LogP contribution in [0.1, 0.15) is 5.89 Å². The normalized spacial score (nSPS) is 10.4. The number of carboxylic acids is 1. The third kappa shape index (κ3) is 3.08. The predicted molar refractivity (Wildman–Crippen MR) is 54.8 cm³/mol. The number of hydrogen-bond acceptors (Lipinski definition) is 6. The molecule has 7 nitrogen and oxygen atoms in total. The molecule has 2 heterocycles. The van der Waals surface area contributed by atoms with Gasteiger partial charge in [-0.25, -0.2) is 4.79 Å². The molecule has 1 N–H and O–H groups in total. The van der Waals surface area contributed by atoms with E-state index in [1.165, 1.54) is 0 Å². The summed E-state index contributed by atoms with van der Waals surface area (Å²) in [7, 11) is 0. The van der Waals surface area contributed by atoms with Crippen molar-refractivity contribution in [2.75, 3.05) is 6.61 Å². The molecule has 0 aliphatic carbocycles. The van der Waals surface area contributed by atoms with Gasteiger partial charge in [-0.05, 0) is 12.1 Å². The lowest BCUT2D eigenvalue weighted by Crippen LogP contribution is -2.06. The van der Waals surface area contributed by atoms with E-state index in [0.29, 0.717) is 11.5 Å². The quantitative estimate of drug-likeness (QED) is 0.815. The number of carbonyl (C=O) groups is 1. The number of carboxylic acid groups (broad SMARTS) is 1. The van der Waals surface area contributed by atoms with Gasteiger partial charge in [0.15, 0.2) is 0 Å². The maximum atomic E-state index is 10.2. The second-order valence-corrected chi connectivity index (χ2v) is 3.13. The Balaban J connectivity index is 1.99. The van der Waals surface area contributed by atoms with Crippen molar-refractivity contribution in [3.8, 4) is 11.5 Å². The summed E-state index contributed by atoms with van der Waals surface area (Å²) in [5.74, 6) is -0.492. The van der Waals surface area contributed by atoms with Crippen molar-refractivity contribution in [3.05, 3.63) is 30.4 Å². The highest BCUT2D eigenvalue weighted by Crippen LogP contribution is 2.15. The minimum absolute atomic E-state index is 0.0282. The summed E-state index contributed by atoms with van der Waals surface area (Å²) in [6.45, 7) is -0.426. The first-order chi connectivity index (χ1) is 8.25. The van der Waals surface area contributed by atoms with E-state index in [2.05, 4.69) is 15.2 Å². The zero-order valence-corrected chi connectivity index (χ0v) is 8.74. The molecule has 0 amide bonds. The van der Waals surface area contributed by atoms with Crippen molar-refractivity contribution >= 4 is 5.97 Å². The third-order valence-electron chi connectivity index (χ3n) is 1.83. The van der Waals surface area contributed by atoms with E-state index >= 15 is 0 Å². The number of aliphatic carboxylic acids is 1. The van der Waals surface area contributed by atoms with Crippen LogP contribution in [0, 0.1) is 0 Å². The van der Waals surface area contributed by atoms with Crippen LogP contribution in [0.3, 0.4) is 0 Å². The van der Waals surface area contributed by atoms with Gasteiger partial charge in [0.25, 0.3) is 0 Å². The molecule has 7 heteroatoms. The van der Waals surface area contributed by atoms with Crippen molar-refractivity contribution < 1.29 is 19.1 Å². The second-order valence-electron chi connectivity index (χ2n) is 3.13. The molecule has 2 aromatic rings. The molecule has 0 atom stereocenters. The Morgan fingerprint density at radius 1 is 1.47 bits per heavy atom. The molecular weight excluding hydrogens is 226 g/mol. The second kappa shape index (κ2) is 5.17. The Morgan fingerprint density at radius 2 is 2.35 bits per heavy atom. The molecule has 0 spiro atoms. The van der Waals surface area contributed by atoms with E-state index < -0.39 is 12.6 Å². The molecule has 0 aromatic carbocycles. The van der Waals surface area contributed by atoms with Crippen molar-refractivity contribution in [1.82, 2.24) is 15.2 Å². The van der Waals surface area contributed by atoms with Gasteiger partial charge < -0.3 is 14.3 Å². The van der Waals surface area contributed by atoms with Crippen LogP contribution in [0.15, 0.2) is 28.9 Å². The highest BCUT2D eigenvalue weighted by atomic mass is 16.5. The Labute approximate surface area is 96.1 Å². The molecule has 17 heavy (non-hydrogen) atoms. The maximum absolute atomic E-state index is 10.2. The average Bonchev–Trinajstić information content (AvgIpc) is 2.78. The van der Waals surface area contributed by atoms with Crippen LogP contribution in [0.5, 0.6) is 0 Å². The zero-order chi connectivity index (χ0) is 12.1. The van der Waals surface area contributed by atoms with E-state index in [9.17, 15) is 4.79 Å². The van der Waals surface area contributed by atoms with Crippen LogP contribution in [0.4, 0.5) is 0 Å². The van der Waals surface area contributed by atoms with Gasteiger partial charge in [-0.2, -0.15) is 0 Å². The highest BCUT2D eigenvalue weighted by Gasteiger charge is 2.08. The minimum atomic E-state index is -1.04. The molecule has 2 aromatic heterocycles. The third-order valence-corrected chi connectivity index (χ3v) is 1.83. The van der Waals surface area contributed by atoms with Crippen molar-refractivity contribution in [2.24, 2.45) is 0 Å². The van der Waals surface area contributed by atoms with Gasteiger partial charge in [0, 0.05) is 12.4 Å². The molecule has 0 unspecified atom stereocenters. The zero-order valence-electron chi connectivity index (χ0n) is 8.74. The number of pyridine rings is 1. The van der Waals surface area contributed by atoms with E-state index in [0.717, 1.165) is 0 Å². The average molecular weight is 235 g/mol. The van der Waals surface area contributed by atoms with Crippen LogP contribution in [-0.2, 0) is 16.1 Å². The van der Waals surface area contributed by atoms with Crippen LogP contribution in [0.25, 0.3) is 11.5 Å². The van der Waals surface area contributed by atoms with E-state index in [4.69, 9.17) is 14.3 Å². The van der Waals surface area contributed by atoms with Gasteiger partial charge in [-0.15, -0.1) is 10.2 Å². The molecule has 88 valence electrons. The Kier molecular flexibility index (Phi) is 3.41. The van der Waals surface area contributed by atoms with Gasteiger partial charge in [0.2, 0.25) is 11.8 Å². The van der Waals surface area contributed by atoms with Crippen molar-refractivity contribution in [3.63, 3.8) is 0 Å². The molecule has 0 fully saturated rings. The van der Waals surface area contributed by atoms with Gasteiger partial charge in [-0.3, -0.25) is 4.98 Å². The molecule has 0 aliphatic heterocycles. The molecule has 0 saturated heterocycles. The topological polar surface area (TPSA) is 98.3 Å². The standard InChI is InChI=1S/C10H9N3O4/c14-9(15)6-16-5-8-12-13-10(17-8)7-2-1-3-11-4-7/h1-4H,5-6H2,(H,14,15). The summed E-state index contributed by atoms with van der Waals surface area (Å²) in [4.78, 5) is 14.1. The summed E-state index contributed by atoms with van der Waals surface area (Å²) < 4.78 is 10.1. The molecular formula is C10H9N3O4. The first-order valence-electron chi connectivity index (χ1n) is 4.78. The number of hydrogen-bond donors (Lipinski definition) is 1. The fourth-order valence-corrected chi connectivity index (χ4v) is 1.14. The number of aromatic nitrogens is 3. The number of rotatable bonds is 5. The van der Waals surface area contributed by atoms with Crippen LogP contribution in [0.2, 0.25) is 0 Å². The first-order valence-corrected chi connectivity index (χ1v) is 4.78. The van der Waals surface area contributed by atoms with E-state index in [-0.39, 0.29) is 12.5 Å². The number of ether oxygens (including phenoxy) is 1. The largest absolute Gasteiger partial charge is 0.480 e. The summed E-state index contributed by atoms with van der Waals surface area (Å²) in [5.41, 5.74) is 0.699. The fraction of sp³-hybridized carbons (Fsp3) is 0.200. The maximum Gasteiger partial charge on any atom is 0.329 e. The molecule has 0 radical (unpaired) electrons. The van der Waals surface area contributed by atoms with E-state index in [1.807, 2.05) is 0 Å². The van der Waals surface area contributed by atoms with Crippen molar-refractivity contribution in [1.29, 1.82) is 0 Å². The summed E-state index contributed by atoms with van der Waals surface area (Å²) in [6.07, 6.45) is 3.23. The van der Waals surface area contributed by atoms with Crippen LogP contribution >= 0.6 is 0 Å². The molecule has 0 aliphatic rings. The lowest BCUT2D eigenvalue weighted by Gasteiger charge is -1.95. The Bertz CT molecular complexity index is 497. The Morgan fingerprint density at radius 3 is 3.06 bits per heavy atom. The fourth-order valence-electron chi connectivity index (χ4n) is 1.14. The van der Waals surface area contributed by atoms with Crippen LogP contribution in [-0.4, -0.2) is 32.9 Å². The first kappa shape index (κ1) is 11.2. The van der Waals surface area contributed by atoms with Gasteiger partial charge >= 0.3 is 5.97 Å². The Hall–Kier alpha value is -2.28. The SMILES string of the molecule is O=C(O)COCc1nnc(-c2cccnc2)o1. The number of nitrogens with zero attached hydrogens (tertiary/aromatic N) is 3. The monoisotopic (exact) mass is 235 g/mol. The lowest BCUT2D eigenvalue weighted by molar-refractivity contribution is -0.142. The van der Waals surface area contributed by atoms with Crippen molar-refractivity contribution in [2.45, 2.75) is 6.61 Å². The van der Waals surface area contributed by atoms with Gasteiger partial charge in [0.1, 0.15) is 13.2 Å². The summed E-state index contributed by atoms with van der Waals surface area (Å²) >= 11 is 0. The smallest absolute Gasteiger partial charge is 0.329 e. The molecule has 0 bridgehead atoms. The van der Waals surface area contributed by atoms with Gasteiger partial charge in [-0.1, -0.05) is 0 Å². The van der Waals surface area contributed by atoms with Crippen LogP contribution < -0.4 is 0 Å². The van der Waals surface area contributed by atoms with E-state index in [1.54, 1.807) is 24.5 Å². The lowest BCUT2D eigenvalue weighted by atomic mass is 10.3. The van der Waals surface area contributed by atoms with Gasteiger partial charge in [0.05, 0.1) is 5.56 Å². The summed E-state index contributed by atoms with van der Waals surface area (Å²) in [5, 5.41) is 15.9.